The van der Waals surface area contributed by atoms with Gasteiger partial charge in [-0.2, -0.15) is 13.2 Å². The van der Waals surface area contributed by atoms with Crippen LogP contribution in [0, 0.1) is 0 Å². The maximum Gasteiger partial charge on any atom is 0.416 e. The first kappa shape index (κ1) is 21.9. The molecule has 1 aliphatic rings. The Hall–Kier alpha value is -1.16. The van der Waals surface area contributed by atoms with Crippen molar-refractivity contribution in [3.05, 3.63) is 29.3 Å². The molecule has 2 N–H and O–H groups in total. The average Bonchev–Trinajstić information content (AvgIpc) is 2.55. The van der Waals surface area contributed by atoms with Gasteiger partial charge in [-0.15, -0.1) is 12.4 Å². The molecule has 4 nitrogen and oxygen atoms in total. The van der Waals surface area contributed by atoms with Crippen LogP contribution in [0.1, 0.15) is 17.2 Å². The summed E-state index contributed by atoms with van der Waals surface area (Å²) >= 11 is 0. The summed E-state index contributed by atoms with van der Waals surface area (Å²) in [5.41, 5.74) is -1.05. The molecule has 0 aromatic heterocycles. The molecule has 0 spiro atoms. The standard InChI is InChI=1S/C15H19F5N2O2.ClH/c1-24-12-8-10(15(18,19)20)2-3-11(12)13(14(16,17)9-23)22-6-4-21-5-7-22;/h2-3,8,13,21,23H,4-7,9H2,1H3;1H/t13-;/m1./s1. The van der Waals surface area contributed by atoms with Gasteiger partial charge in [0.1, 0.15) is 18.4 Å². The molecule has 25 heavy (non-hydrogen) atoms. The van der Waals surface area contributed by atoms with Gasteiger partial charge in [0.05, 0.1) is 12.7 Å². The predicted molar refractivity (Wildman–Crippen MR) is 84.5 cm³/mol. The van der Waals surface area contributed by atoms with Crippen molar-refractivity contribution < 1.29 is 31.8 Å². The van der Waals surface area contributed by atoms with E-state index >= 15 is 0 Å². The van der Waals surface area contributed by atoms with Crippen LogP contribution in [-0.2, 0) is 6.18 Å². The highest BCUT2D eigenvalue weighted by atomic mass is 35.5. The normalized spacial score (nSPS) is 17.7. The number of hydrogen-bond acceptors (Lipinski definition) is 4. The van der Waals surface area contributed by atoms with Crippen LogP contribution in [0.15, 0.2) is 18.2 Å². The van der Waals surface area contributed by atoms with E-state index in [0.29, 0.717) is 19.2 Å². The monoisotopic (exact) mass is 390 g/mol. The molecule has 1 fully saturated rings. The lowest BCUT2D eigenvalue weighted by molar-refractivity contribution is -0.137. The Labute approximate surface area is 148 Å². The van der Waals surface area contributed by atoms with E-state index in [9.17, 15) is 22.0 Å². The topological polar surface area (TPSA) is 44.7 Å². The summed E-state index contributed by atoms with van der Waals surface area (Å²) in [5.74, 6) is -3.80. The number of benzene rings is 1. The summed E-state index contributed by atoms with van der Waals surface area (Å²) < 4.78 is 72.1. The summed E-state index contributed by atoms with van der Waals surface area (Å²) in [6, 6.07) is 0.887. The molecule has 1 aromatic rings. The number of aliphatic hydroxyl groups excluding tert-OH is 1. The van der Waals surface area contributed by atoms with E-state index in [0.717, 1.165) is 19.2 Å². The Morgan fingerprint density at radius 2 is 1.80 bits per heavy atom. The highest BCUT2D eigenvalue weighted by molar-refractivity contribution is 5.85. The molecule has 0 amide bonds. The third-order valence-corrected chi connectivity index (χ3v) is 3.98. The summed E-state index contributed by atoms with van der Waals surface area (Å²) in [6.45, 7) is 0.0998. The van der Waals surface area contributed by atoms with E-state index in [1.54, 1.807) is 0 Å². The number of ether oxygens (including phenoxy) is 1. The maximum atomic E-state index is 14.3. The van der Waals surface area contributed by atoms with Crippen molar-refractivity contribution in [3.63, 3.8) is 0 Å². The zero-order valence-corrected chi connectivity index (χ0v) is 14.3. The molecule has 1 atom stereocenters. The highest BCUT2D eigenvalue weighted by Gasteiger charge is 2.45. The van der Waals surface area contributed by atoms with Gasteiger partial charge in [-0.05, 0) is 12.1 Å². The second kappa shape index (κ2) is 8.48. The summed E-state index contributed by atoms with van der Waals surface area (Å²) in [5, 5.41) is 12.1. The van der Waals surface area contributed by atoms with Crippen LogP contribution in [0.5, 0.6) is 5.75 Å². The quantitative estimate of drug-likeness (QED) is 0.759. The van der Waals surface area contributed by atoms with Gasteiger partial charge in [-0.25, -0.2) is 8.78 Å². The number of alkyl halides is 5. The largest absolute Gasteiger partial charge is 0.496 e. The molecule has 0 unspecified atom stereocenters. The molecule has 1 heterocycles. The number of nitrogens with one attached hydrogen (secondary N) is 1. The molecule has 1 aromatic carbocycles. The Morgan fingerprint density at radius 1 is 1.20 bits per heavy atom. The fourth-order valence-corrected chi connectivity index (χ4v) is 2.83. The summed E-state index contributed by atoms with van der Waals surface area (Å²) in [7, 11) is 1.13. The van der Waals surface area contributed by atoms with Crippen molar-refractivity contribution in [3.8, 4) is 5.75 Å². The zero-order chi connectivity index (χ0) is 18.0. The van der Waals surface area contributed by atoms with Crippen molar-refractivity contribution >= 4 is 12.4 Å². The third kappa shape index (κ3) is 4.93. The third-order valence-electron chi connectivity index (χ3n) is 3.98. The van der Waals surface area contributed by atoms with Crippen LogP contribution in [0.4, 0.5) is 22.0 Å². The van der Waals surface area contributed by atoms with Crippen molar-refractivity contribution in [1.29, 1.82) is 0 Å². The van der Waals surface area contributed by atoms with E-state index in [-0.39, 0.29) is 36.8 Å². The molecular formula is C15H20ClF5N2O2. The van der Waals surface area contributed by atoms with Crippen LogP contribution in [0.2, 0.25) is 0 Å². The van der Waals surface area contributed by atoms with Crippen LogP contribution >= 0.6 is 12.4 Å². The molecule has 0 aliphatic carbocycles. The lowest BCUT2D eigenvalue weighted by Crippen LogP contribution is -2.51. The Balaban J connectivity index is 0.00000312. The van der Waals surface area contributed by atoms with E-state index < -0.39 is 30.3 Å². The Morgan fingerprint density at radius 3 is 2.28 bits per heavy atom. The van der Waals surface area contributed by atoms with Gasteiger partial charge in [0, 0.05) is 31.7 Å². The van der Waals surface area contributed by atoms with Crippen molar-refractivity contribution in [2.75, 3.05) is 39.9 Å². The van der Waals surface area contributed by atoms with Gasteiger partial charge < -0.3 is 15.2 Å². The van der Waals surface area contributed by atoms with Gasteiger partial charge in [0.25, 0.3) is 5.92 Å². The number of aliphatic hydroxyl groups is 1. The Kier molecular flexibility index (Phi) is 7.42. The van der Waals surface area contributed by atoms with Gasteiger partial charge in [-0.3, -0.25) is 4.90 Å². The number of rotatable bonds is 5. The number of methoxy groups -OCH3 is 1. The van der Waals surface area contributed by atoms with Crippen LogP contribution in [-0.4, -0.2) is 55.8 Å². The summed E-state index contributed by atoms with van der Waals surface area (Å²) in [4.78, 5) is 1.44. The van der Waals surface area contributed by atoms with Gasteiger partial charge in [-0.1, -0.05) is 6.07 Å². The number of nitrogens with zero attached hydrogens (tertiary/aromatic N) is 1. The smallest absolute Gasteiger partial charge is 0.416 e. The van der Waals surface area contributed by atoms with Gasteiger partial charge >= 0.3 is 6.18 Å². The molecule has 1 aliphatic heterocycles. The molecule has 2 rings (SSSR count). The lowest BCUT2D eigenvalue weighted by Gasteiger charge is -2.39. The van der Waals surface area contributed by atoms with Gasteiger partial charge in [0.2, 0.25) is 0 Å². The fourth-order valence-electron chi connectivity index (χ4n) is 2.83. The Bertz CT molecular complexity index is 565. The summed E-state index contributed by atoms with van der Waals surface area (Å²) in [6.07, 6.45) is -4.60. The number of hydrogen-bond donors (Lipinski definition) is 2. The van der Waals surface area contributed by atoms with Crippen molar-refractivity contribution in [2.24, 2.45) is 0 Å². The highest BCUT2D eigenvalue weighted by Crippen LogP contribution is 2.42. The molecule has 1 saturated heterocycles. The minimum Gasteiger partial charge on any atom is -0.496 e. The van der Waals surface area contributed by atoms with Crippen LogP contribution < -0.4 is 10.1 Å². The predicted octanol–water partition coefficient (Wildman–Crippen LogP) is 2.71. The molecule has 10 heteroatoms. The second-order valence-electron chi connectivity index (χ2n) is 5.56. The van der Waals surface area contributed by atoms with E-state index in [1.165, 1.54) is 4.90 Å². The lowest BCUT2D eigenvalue weighted by atomic mass is 9.96. The SMILES string of the molecule is COc1cc(C(F)(F)F)ccc1[C@@H](N1CCNCC1)C(F)(F)CO.Cl. The molecule has 0 radical (unpaired) electrons. The number of piperazine rings is 1. The second-order valence-corrected chi connectivity index (χ2v) is 5.56. The first-order valence-electron chi connectivity index (χ1n) is 7.39. The molecular weight excluding hydrogens is 371 g/mol. The van der Waals surface area contributed by atoms with Crippen LogP contribution in [0.3, 0.4) is 0 Å². The van der Waals surface area contributed by atoms with E-state index in [4.69, 9.17) is 9.84 Å². The van der Waals surface area contributed by atoms with Crippen molar-refractivity contribution in [1.82, 2.24) is 10.2 Å². The van der Waals surface area contributed by atoms with E-state index in [1.807, 2.05) is 0 Å². The molecule has 0 bridgehead atoms. The number of halogens is 6. The average molecular weight is 391 g/mol. The zero-order valence-electron chi connectivity index (χ0n) is 13.4. The first-order valence-corrected chi connectivity index (χ1v) is 7.39. The first-order chi connectivity index (χ1) is 11.2. The molecule has 0 saturated carbocycles. The van der Waals surface area contributed by atoms with Gasteiger partial charge in [0.15, 0.2) is 0 Å². The minimum absolute atomic E-state index is 0. The van der Waals surface area contributed by atoms with Crippen molar-refractivity contribution in [2.45, 2.75) is 18.1 Å². The maximum absolute atomic E-state index is 14.3. The fraction of sp³-hybridized carbons (Fsp3) is 0.600. The van der Waals surface area contributed by atoms with Crippen LogP contribution in [0.25, 0.3) is 0 Å². The minimum atomic E-state index is -4.60. The van der Waals surface area contributed by atoms with E-state index in [2.05, 4.69) is 5.32 Å². The molecule has 144 valence electrons.